The van der Waals surface area contributed by atoms with Gasteiger partial charge in [-0.1, -0.05) is 13.5 Å². The fourth-order valence-electron chi connectivity index (χ4n) is 6.04. The number of hydrogen-bond acceptors (Lipinski definition) is 4. The van der Waals surface area contributed by atoms with Gasteiger partial charge in [0.05, 0.1) is 6.61 Å². The summed E-state index contributed by atoms with van der Waals surface area (Å²) < 4.78 is 89.6. The van der Waals surface area contributed by atoms with Crippen LogP contribution in [0, 0.1) is 29.1 Å². The lowest BCUT2D eigenvalue weighted by atomic mass is 9.47. The van der Waals surface area contributed by atoms with Crippen LogP contribution in [-0.4, -0.2) is 36.5 Å². The molecule has 4 fully saturated rings. The average molecular weight is 456 g/mol. The largest absolute Gasteiger partial charge is 0.462 e. The highest BCUT2D eigenvalue weighted by molar-refractivity contribution is 5.92. The van der Waals surface area contributed by atoms with Gasteiger partial charge in [-0.15, -0.1) is 0 Å². The number of rotatable bonds is 6. The molecule has 4 aliphatic carbocycles. The topological polar surface area (TPSA) is 52.6 Å². The van der Waals surface area contributed by atoms with E-state index >= 15 is 0 Å². The van der Waals surface area contributed by atoms with Crippen LogP contribution in [0.3, 0.4) is 0 Å². The van der Waals surface area contributed by atoms with Gasteiger partial charge in [0.25, 0.3) is 0 Å². The summed E-state index contributed by atoms with van der Waals surface area (Å²) in [4.78, 5) is 23.9. The third-order valence-electron chi connectivity index (χ3n) is 7.28. The van der Waals surface area contributed by atoms with E-state index in [-0.39, 0.29) is 5.41 Å². The van der Waals surface area contributed by atoms with Crippen molar-refractivity contribution in [1.82, 2.24) is 0 Å². The van der Waals surface area contributed by atoms with Gasteiger partial charge in [0.15, 0.2) is 0 Å². The molecular formula is C21H26F6O4. The summed E-state index contributed by atoms with van der Waals surface area (Å²) in [6, 6.07) is 0. The van der Waals surface area contributed by atoms with Crippen LogP contribution in [0.15, 0.2) is 12.2 Å². The number of alkyl halides is 6. The van der Waals surface area contributed by atoms with Crippen molar-refractivity contribution in [2.45, 2.75) is 70.3 Å². The first-order chi connectivity index (χ1) is 14.1. The minimum atomic E-state index is -6.27. The normalized spacial score (nSPS) is 31.3. The van der Waals surface area contributed by atoms with E-state index in [0.29, 0.717) is 17.8 Å². The zero-order valence-electron chi connectivity index (χ0n) is 17.4. The summed E-state index contributed by atoms with van der Waals surface area (Å²) in [5, 5.41) is 0. The van der Waals surface area contributed by atoms with Gasteiger partial charge in [-0.05, 0) is 74.5 Å². The standard InChI is InChI=1S/C21H26F6O4/c1-11(2)16(28)31-19(20(22,23)24,21(25,26)27)17(29)30-10-12(3)18-7-13-4-14(8-18)6-15(5-13)9-18/h12-15H,1,4-10H2,2-3H3. The molecule has 0 amide bonds. The lowest BCUT2D eigenvalue weighted by Gasteiger charge is -2.59. The highest BCUT2D eigenvalue weighted by atomic mass is 19.4. The highest BCUT2D eigenvalue weighted by Crippen LogP contribution is 2.62. The van der Waals surface area contributed by atoms with Gasteiger partial charge in [-0.2, -0.15) is 26.3 Å². The molecule has 0 aromatic rings. The second kappa shape index (κ2) is 7.69. The monoisotopic (exact) mass is 456 g/mol. The van der Waals surface area contributed by atoms with Gasteiger partial charge >= 0.3 is 29.9 Å². The molecule has 0 heterocycles. The number of hydrogen-bond donors (Lipinski definition) is 0. The van der Waals surface area contributed by atoms with Crippen LogP contribution < -0.4 is 0 Å². The fraction of sp³-hybridized carbons (Fsp3) is 0.810. The molecule has 4 saturated carbocycles. The number of carbonyl (C=O) groups excluding carboxylic acids is 2. The lowest BCUT2D eigenvalue weighted by molar-refractivity contribution is -0.358. The Kier molecular flexibility index (Phi) is 5.93. The van der Waals surface area contributed by atoms with Gasteiger partial charge in [-0.3, -0.25) is 0 Å². The highest BCUT2D eigenvalue weighted by Gasteiger charge is 2.80. The number of esters is 2. The zero-order valence-corrected chi connectivity index (χ0v) is 17.4. The Bertz CT molecular complexity index is 705. The quantitative estimate of drug-likeness (QED) is 0.307. The molecule has 0 aromatic carbocycles. The van der Waals surface area contributed by atoms with E-state index in [0.717, 1.165) is 45.4 Å². The van der Waals surface area contributed by atoms with Crippen LogP contribution in [0.25, 0.3) is 0 Å². The minimum absolute atomic E-state index is 0.247. The molecule has 4 bridgehead atoms. The molecule has 0 aromatic heterocycles. The van der Waals surface area contributed by atoms with Crippen molar-refractivity contribution in [2.75, 3.05) is 6.61 Å². The van der Waals surface area contributed by atoms with E-state index in [2.05, 4.69) is 16.1 Å². The predicted octanol–water partition coefficient (Wildman–Crippen LogP) is 5.36. The van der Waals surface area contributed by atoms with Crippen LogP contribution in [0.1, 0.15) is 52.4 Å². The Hall–Kier alpha value is -1.74. The molecule has 176 valence electrons. The molecule has 31 heavy (non-hydrogen) atoms. The third kappa shape index (κ3) is 4.06. The average Bonchev–Trinajstić information content (AvgIpc) is 2.60. The first-order valence-electron chi connectivity index (χ1n) is 10.3. The van der Waals surface area contributed by atoms with Crippen molar-refractivity contribution in [3.63, 3.8) is 0 Å². The molecule has 0 saturated heterocycles. The summed E-state index contributed by atoms with van der Waals surface area (Å²) in [5.74, 6) is -3.57. The Labute approximate surface area is 176 Å². The first-order valence-corrected chi connectivity index (χ1v) is 10.3. The van der Waals surface area contributed by atoms with Crippen molar-refractivity contribution in [3.05, 3.63) is 12.2 Å². The van der Waals surface area contributed by atoms with E-state index in [4.69, 9.17) is 0 Å². The smallest absolute Gasteiger partial charge is 0.449 e. The molecular weight excluding hydrogens is 430 g/mol. The summed E-state index contributed by atoms with van der Waals surface area (Å²) in [6.07, 6.45) is -6.70. The Morgan fingerprint density at radius 3 is 1.74 bits per heavy atom. The summed E-state index contributed by atoms with van der Waals surface area (Å²) >= 11 is 0. The minimum Gasteiger partial charge on any atom is -0.462 e. The lowest BCUT2D eigenvalue weighted by Crippen LogP contribution is -2.65. The van der Waals surface area contributed by atoms with E-state index in [1.807, 2.05) is 0 Å². The zero-order chi connectivity index (χ0) is 23.4. The number of ether oxygens (including phenoxy) is 2. The van der Waals surface area contributed by atoms with Crippen LogP contribution in [-0.2, 0) is 19.1 Å². The molecule has 1 atom stereocenters. The van der Waals surface area contributed by atoms with E-state index in [1.54, 1.807) is 6.92 Å². The molecule has 10 heteroatoms. The fourth-order valence-corrected chi connectivity index (χ4v) is 6.04. The van der Waals surface area contributed by atoms with Crippen molar-refractivity contribution in [3.8, 4) is 0 Å². The van der Waals surface area contributed by atoms with Gasteiger partial charge in [0.2, 0.25) is 0 Å². The Morgan fingerprint density at radius 1 is 0.968 bits per heavy atom. The summed E-state index contributed by atoms with van der Waals surface area (Å²) in [6.45, 7) is 4.95. The molecule has 0 N–H and O–H groups in total. The van der Waals surface area contributed by atoms with Gasteiger partial charge in [-0.25, -0.2) is 9.59 Å². The SMILES string of the molecule is C=C(C)C(=O)OC(C(=O)OCC(C)C12CC3CC(CC(C3)C1)C2)(C(F)(F)F)C(F)(F)F. The predicted molar refractivity (Wildman–Crippen MR) is 96.5 cm³/mol. The van der Waals surface area contributed by atoms with Crippen LogP contribution >= 0.6 is 0 Å². The number of carbonyl (C=O) groups is 2. The second-order valence-corrected chi connectivity index (χ2v) is 9.63. The molecule has 4 aliphatic rings. The maximum absolute atomic E-state index is 13.6. The Morgan fingerprint density at radius 2 is 1.39 bits per heavy atom. The van der Waals surface area contributed by atoms with Crippen molar-refractivity contribution >= 4 is 11.9 Å². The molecule has 0 aliphatic heterocycles. The van der Waals surface area contributed by atoms with Crippen LogP contribution in [0.2, 0.25) is 0 Å². The molecule has 0 radical (unpaired) electrons. The van der Waals surface area contributed by atoms with Crippen LogP contribution in [0.5, 0.6) is 0 Å². The van der Waals surface area contributed by atoms with Crippen molar-refractivity contribution < 1.29 is 45.4 Å². The van der Waals surface area contributed by atoms with E-state index in [1.165, 1.54) is 0 Å². The molecule has 4 rings (SSSR count). The Balaban J connectivity index is 1.80. The summed E-state index contributed by atoms with van der Waals surface area (Å²) in [7, 11) is 0. The van der Waals surface area contributed by atoms with Gasteiger partial charge in [0, 0.05) is 5.57 Å². The van der Waals surface area contributed by atoms with E-state index in [9.17, 15) is 35.9 Å². The molecule has 1 unspecified atom stereocenters. The van der Waals surface area contributed by atoms with Gasteiger partial charge in [0.1, 0.15) is 0 Å². The maximum Gasteiger partial charge on any atom is 0.449 e. The molecule has 4 nitrogen and oxygen atoms in total. The van der Waals surface area contributed by atoms with Crippen molar-refractivity contribution in [1.29, 1.82) is 0 Å². The number of halogens is 6. The summed E-state index contributed by atoms with van der Waals surface area (Å²) in [5.41, 5.74) is -6.37. The van der Waals surface area contributed by atoms with Crippen molar-refractivity contribution in [2.24, 2.45) is 29.1 Å². The maximum atomic E-state index is 13.6. The van der Waals surface area contributed by atoms with Crippen LogP contribution in [0.4, 0.5) is 26.3 Å². The van der Waals surface area contributed by atoms with Gasteiger partial charge < -0.3 is 9.47 Å². The van der Waals surface area contributed by atoms with E-state index < -0.39 is 48.0 Å². The first kappa shape index (κ1) is 23.9. The second-order valence-electron chi connectivity index (χ2n) is 9.63. The molecule has 0 spiro atoms. The third-order valence-corrected chi connectivity index (χ3v) is 7.28.